The fourth-order valence-corrected chi connectivity index (χ4v) is 1.42. The third-order valence-corrected chi connectivity index (χ3v) is 2.13. The molecule has 8 heteroatoms. The number of carbonyl (C=O) groups is 1. The van der Waals surface area contributed by atoms with Crippen molar-refractivity contribution < 1.29 is 19.7 Å². The van der Waals surface area contributed by atoms with Crippen LogP contribution in [0.2, 0.25) is 0 Å². The van der Waals surface area contributed by atoms with E-state index in [4.69, 9.17) is 5.11 Å². The largest absolute Gasteiger partial charge is 0.481 e. The summed E-state index contributed by atoms with van der Waals surface area (Å²) in [6.45, 7) is 1.40. The molecule has 1 N–H and O–H groups in total. The highest BCUT2D eigenvalue weighted by molar-refractivity contribution is 5.73. The van der Waals surface area contributed by atoms with Crippen molar-refractivity contribution in [1.29, 1.82) is 0 Å². The molecule has 8 nitrogen and oxygen atoms in total. The first-order valence-corrected chi connectivity index (χ1v) is 4.47. The molecule has 0 atom stereocenters. The second-order valence-corrected chi connectivity index (χ2v) is 3.35. The minimum atomic E-state index is -1.23. The van der Waals surface area contributed by atoms with E-state index in [1.165, 1.54) is 6.92 Å². The molecule has 0 unspecified atom stereocenters. The number of benzene rings is 1. The van der Waals surface area contributed by atoms with Crippen LogP contribution in [-0.2, 0) is 11.2 Å². The molecule has 0 saturated heterocycles. The Morgan fingerprint density at radius 2 is 1.76 bits per heavy atom. The zero-order valence-electron chi connectivity index (χ0n) is 8.74. The third-order valence-electron chi connectivity index (χ3n) is 2.13. The number of nitrogens with zero attached hydrogens (tertiary/aromatic N) is 2. The van der Waals surface area contributed by atoms with Gasteiger partial charge in [-0.2, -0.15) is 0 Å². The molecule has 0 aliphatic heterocycles. The van der Waals surface area contributed by atoms with Crippen molar-refractivity contribution in [1.82, 2.24) is 0 Å². The van der Waals surface area contributed by atoms with Crippen LogP contribution < -0.4 is 0 Å². The molecule has 0 spiro atoms. The van der Waals surface area contributed by atoms with Crippen molar-refractivity contribution in [3.63, 3.8) is 0 Å². The average molecular weight is 240 g/mol. The molecule has 0 radical (unpaired) electrons. The summed E-state index contributed by atoms with van der Waals surface area (Å²) in [5.74, 6) is -1.23. The molecule has 0 aromatic heterocycles. The maximum Gasteiger partial charge on any atom is 0.308 e. The van der Waals surface area contributed by atoms with Crippen LogP contribution in [0.3, 0.4) is 0 Å². The minimum Gasteiger partial charge on any atom is -0.481 e. The van der Waals surface area contributed by atoms with Crippen molar-refractivity contribution in [2.24, 2.45) is 0 Å². The van der Waals surface area contributed by atoms with Crippen LogP contribution in [0.25, 0.3) is 0 Å². The van der Waals surface area contributed by atoms with Gasteiger partial charge in [-0.05, 0) is 13.0 Å². The van der Waals surface area contributed by atoms with E-state index in [9.17, 15) is 25.0 Å². The summed E-state index contributed by atoms with van der Waals surface area (Å²) in [6, 6.07) is 1.94. The summed E-state index contributed by atoms with van der Waals surface area (Å²) >= 11 is 0. The molecule has 1 rings (SSSR count). The third kappa shape index (κ3) is 2.74. The van der Waals surface area contributed by atoms with Crippen LogP contribution >= 0.6 is 0 Å². The molecule has 1 aromatic rings. The van der Waals surface area contributed by atoms with Gasteiger partial charge in [-0.15, -0.1) is 0 Å². The number of rotatable bonds is 4. The van der Waals surface area contributed by atoms with E-state index >= 15 is 0 Å². The summed E-state index contributed by atoms with van der Waals surface area (Å²) in [5.41, 5.74) is -0.807. The van der Waals surface area contributed by atoms with Gasteiger partial charge in [0.05, 0.1) is 22.3 Å². The Morgan fingerprint density at radius 3 is 2.18 bits per heavy atom. The highest BCUT2D eigenvalue weighted by atomic mass is 16.6. The summed E-state index contributed by atoms with van der Waals surface area (Å²) in [4.78, 5) is 30.2. The van der Waals surface area contributed by atoms with E-state index in [2.05, 4.69) is 0 Å². The SMILES string of the molecule is Cc1cc(CC(=O)O)c([N+](=O)[O-])cc1[N+](=O)[O-]. The van der Waals surface area contributed by atoms with Gasteiger partial charge in [-0.25, -0.2) is 0 Å². The van der Waals surface area contributed by atoms with Gasteiger partial charge in [0.1, 0.15) is 0 Å². The van der Waals surface area contributed by atoms with Gasteiger partial charge in [-0.1, -0.05) is 0 Å². The molecular weight excluding hydrogens is 232 g/mol. The van der Waals surface area contributed by atoms with Crippen molar-refractivity contribution >= 4 is 17.3 Å². The summed E-state index contributed by atoms with van der Waals surface area (Å²) < 4.78 is 0. The molecule has 1 aromatic carbocycles. The van der Waals surface area contributed by atoms with E-state index in [-0.39, 0.29) is 11.1 Å². The normalized spacial score (nSPS) is 9.94. The highest BCUT2D eigenvalue weighted by Crippen LogP contribution is 2.28. The van der Waals surface area contributed by atoms with E-state index in [0.717, 1.165) is 12.1 Å². The number of hydrogen-bond acceptors (Lipinski definition) is 5. The van der Waals surface area contributed by atoms with Gasteiger partial charge < -0.3 is 5.11 Å². The maximum absolute atomic E-state index is 10.7. The monoisotopic (exact) mass is 240 g/mol. The Balaban J connectivity index is 3.40. The number of nitro benzene ring substituents is 2. The van der Waals surface area contributed by atoms with Gasteiger partial charge >= 0.3 is 5.97 Å². The van der Waals surface area contributed by atoms with Crippen LogP contribution in [0.4, 0.5) is 11.4 Å². The lowest BCUT2D eigenvalue weighted by Gasteiger charge is -2.02. The number of aryl methyl sites for hydroxylation is 1. The van der Waals surface area contributed by atoms with Gasteiger partial charge in [0.2, 0.25) is 0 Å². The standard InChI is InChI=1S/C9H8N2O6/c1-5-2-6(3-9(12)13)8(11(16)17)4-7(5)10(14)15/h2,4H,3H2,1H3,(H,12,13). The molecule has 0 heterocycles. The molecule has 0 bridgehead atoms. The molecule has 90 valence electrons. The second kappa shape index (κ2) is 4.56. The predicted octanol–water partition coefficient (Wildman–Crippen LogP) is 1.44. The zero-order chi connectivity index (χ0) is 13.2. The number of aliphatic carboxylic acids is 1. The number of carboxylic acid groups (broad SMARTS) is 1. The van der Waals surface area contributed by atoms with Crippen molar-refractivity contribution in [3.05, 3.63) is 43.5 Å². The van der Waals surface area contributed by atoms with E-state index < -0.39 is 33.6 Å². The van der Waals surface area contributed by atoms with Gasteiger partial charge in [0.15, 0.2) is 0 Å². The molecule has 0 aliphatic carbocycles. The molecule has 0 amide bonds. The molecule has 0 aliphatic rings. The van der Waals surface area contributed by atoms with Crippen LogP contribution in [0.5, 0.6) is 0 Å². The molecule has 0 fully saturated rings. The van der Waals surface area contributed by atoms with Crippen molar-refractivity contribution in [2.45, 2.75) is 13.3 Å². The highest BCUT2D eigenvalue weighted by Gasteiger charge is 2.23. The second-order valence-electron chi connectivity index (χ2n) is 3.35. The average Bonchev–Trinajstić information content (AvgIpc) is 2.15. The topological polar surface area (TPSA) is 124 Å². The van der Waals surface area contributed by atoms with Gasteiger partial charge in [0.25, 0.3) is 11.4 Å². The Labute approximate surface area is 94.8 Å². The van der Waals surface area contributed by atoms with Crippen LogP contribution in [0.15, 0.2) is 12.1 Å². The number of hydrogen-bond donors (Lipinski definition) is 1. The lowest BCUT2D eigenvalue weighted by Crippen LogP contribution is -2.05. The first kappa shape index (κ1) is 12.6. The van der Waals surface area contributed by atoms with Gasteiger partial charge in [0, 0.05) is 11.1 Å². The molecule has 0 saturated carbocycles. The van der Waals surface area contributed by atoms with Crippen LogP contribution in [0.1, 0.15) is 11.1 Å². The lowest BCUT2D eigenvalue weighted by molar-refractivity contribution is -0.394. The summed E-state index contributed by atoms with van der Waals surface area (Å²) in [7, 11) is 0. The van der Waals surface area contributed by atoms with Gasteiger partial charge in [-0.3, -0.25) is 25.0 Å². The number of carboxylic acids is 1. The zero-order valence-corrected chi connectivity index (χ0v) is 8.74. The smallest absolute Gasteiger partial charge is 0.308 e. The van der Waals surface area contributed by atoms with E-state index in [1.54, 1.807) is 0 Å². The first-order valence-electron chi connectivity index (χ1n) is 4.47. The quantitative estimate of drug-likeness (QED) is 0.627. The first-order chi connectivity index (χ1) is 7.82. The fourth-order valence-electron chi connectivity index (χ4n) is 1.42. The van der Waals surface area contributed by atoms with E-state index in [0.29, 0.717) is 0 Å². The summed E-state index contributed by atoms with van der Waals surface area (Å²) in [5, 5.41) is 29.9. The van der Waals surface area contributed by atoms with Crippen LogP contribution in [0, 0.1) is 27.2 Å². The Morgan fingerprint density at radius 1 is 1.24 bits per heavy atom. The fraction of sp³-hybridized carbons (Fsp3) is 0.222. The minimum absolute atomic E-state index is 0.0504. The summed E-state index contributed by atoms with van der Waals surface area (Å²) in [6.07, 6.45) is -0.546. The Bertz CT molecular complexity index is 510. The van der Waals surface area contributed by atoms with Crippen molar-refractivity contribution in [3.8, 4) is 0 Å². The van der Waals surface area contributed by atoms with E-state index in [1.807, 2.05) is 0 Å². The predicted molar refractivity (Wildman–Crippen MR) is 55.8 cm³/mol. The Kier molecular flexibility index (Phi) is 3.37. The lowest BCUT2D eigenvalue weighted by atomic mass is 10.0. The number of nitro groups is 2. The van der Waals surface area contributed by atoms with Crippen LogP contribution in [-0.4, -0.2) is 20.9 Å². The molecule has 17 heavy (non-hydrogen) atoms. The Hall–Kier alpha value is -2.51. The van der Waals surface area contributed by atoms with Crippen molar-refractivity contribution in [2.75, 3.05) is 0 Å². The molecular formula is C9H8N2O6. The maximum atomic E-state index is 10.7.